The molecule has 0 N–H and O–H groups in total. The van der Waals surface area contributed by atoms with Crippen LogP contribution in [0.2, 0.25) is 0 Å². The third-order valence-corrected chi connectivity index (χ3v) is 1.98. The summed E-state index contributed by atoms with van der Waals surface area (Å²) in [5.41, 5.74) is 1.81. The first kappa shape index (κ1) is 5.75. The maximum absolute atomic E-state index is 10.9. The van der Waals surface area contributed by atoms with Crippen LogP contribution in [0.5, 0.6) is 0 Å². The lowest BCUT2D eigenvalue weighted by molar-refractivity contribution is 0.112. The number of aromatic nitrogens is 2. The number of nitrogens with zero attached hydrogens (tertiary/aromatic N) is 2. The normalized spacial score (nSPS) is 14.1. The molecule has 3 heteroatoms. The third-order valence-electron chi connectivity index (χ3n) is 1.98. The number of hydrogen-bond donors (Lipinski definition) is 0. The zero-order valence-corrected chi connectivity index (χ0v) is 7.34. The molecule has 3 nitrogen and oxygen atoms in total. The molecule has 0 aliphatic rings. The van der Waals surface area contributed by atoms with Gasteiger partial charge in [0.2, 0.25) is 0 Å². The molecule has 1 aromatic heterocycles. The maximum atomic E-state index is 10.9. The van der Waals surface area contributed by atoms with Crippen molar-refractivity contribution in [2.45, 2.75) is 0 Å². The van der Waals surface area contributed by atoms with Gasteiger partial charge in [-0.15, -0.1) is 0 Å². The molecule has 0 unspecified atom stereocenters. The molecule has 0 bridgehead atoms. The predicted molar refractivity (Wildman–Crippen MR) is 54.0 cm³/mol. The average Bonchev–Trinajstić information content (AvgIpc) is 2.77. The molecule has 0 aliphatic heterocycles. The molecular weight excluding hydrogens is 176 g/mol. The van der Waals surface area contributed by atoms with Gasteiger partial charge in [0, 0.05) is 28.4 Å². The second kappa shape index (κ2) is 3.46. The minimum atomic E-state index is -2.30. The molecule has 2 aromatic rings. The highest BCUT2D eigenvalue weighted by Gasteiger charge is 2.04. The molecule has 14 heavy (non-hydrogen) atoms. The molecule has 0 spiro atoms. The summed E-state index contributed by atoms with van der Waals surface area (Å²) in [4.78, 5) is 10.9. The maximum Gasteiger partial charge on any atom is 0.150 e. The van der Waals surface area contributed by atoms with Crippen LogP contribution in [0.15, 0.2) is 36.7 Å². The Kier molecular flexibility index (Phi) is 1.42. The van der Waals surface area contributed by atoms with Crippen molar-refractivity contribution in [1.29, 1.82) is 0 Å². The first-order valence-electron chi connectivity index (χ1n) is 5.62. The second-order valence-corrected chi connectivity index (χ2v) is 2.88. The van der Waals surface area contributed by atoms with E-state index < -0.39 is 6.98 Å². The Morgan fingerprint density at radius 2 is 2.36 bits per heavy atom. The molecule has 1 heterocycles. The summed E-state index contributed by atoms with van der Waals surface area (Å²) in [7, 11) is 0. The fraction of sp³-hybridized carbons (Fsp3) is 0.0909. The highest BCUT2D eigenvalue weighted by Crippen LogP contribution is 2.21. The lowest BCUT2D eigenvalue weighted by Gasteiger charge is -1.99. The molecule has 2 rings (SSSR count). The number of aldehydes is 1. The van der Waals surface area contributed by atoms with E-state index in [1.54, 1.807) is 24.3 Å². The Morgan fingerprint density at radius 3 is 3.07 bits per heavy atom. The molecule has 1 aromatic carbocycles. The highest BCUT2D eigenvalue weighted by atomic mass is 16.1. The third kappa shape index (κ3) is 1.44. The van der Waals surface area contributed by atoms with E-state index in [9.17, 15) is 4.79 Å². The van der Waals surface area contributed by atoms with Crippen LogP contribution in [0.25, 0.3) is 11.1 Å². The van der Waals surface area contributed by atoms with Crippen LogP contribution >= 0.6 is 0 Å². The number of rotatable bonds is 2. The fourth-order valence-corrected chi connectivity index (χ4v) is 1.32. The number of aryl methyl sites for hydroxylation is 1. The fourth-order valence-electron chi connectivity index (χ4n) is 1.32. The van der Waals surface area contributed by atoms with Gasteiger partial charge in [0.25, 0.3) is 0 Å². The van der Waals surface area contributed by atoms with Gasteiger partial charge in [-0.1, -0.05) is 24.3 Å². The van der Waals surface area contributed by atoms with E-state index in [0.717, 1.165) is 11.0 Å². The van der Waals surface area contributed by atoms with E-state index in [0.29, 0.717) is 16.7 Å². The molecule has 0 radical (unpaired) electrons. The van der Waals surface area contributed by atoms with E-state index in [1.807, 2.05) is 0 Å². The van der Waals surface area contributed by atoms with Crippen LogP contribution in [-0.4, -0.2) is 16.1 Å². The number of carbonyl (C=O) groups excluding carboxylic acids is 1. The number of benzene rings is 1. The van der Waals surface area contributed by atoms with Gasteiger partial charge >= 0.3 is 0 Å². The van der Waals surface area contributed by atoms with E-state index in [1.165, 1.54) is 12.4 Å². The van der Waals surface area contributed by atoms with E-state index in [4.69, 9.17) is 4.11 Å². The standard InChI is InChI=1S/C11H10N2O/c1-13-7-10(6-12-13)11-5-3-2-4-9(11)8-14/h2-8H,1H3/i1D3. The van der Waals surface area contributed by atoms with Gasteiger partial charge in [-0.2, -0.15) is 5.10 Å². The Hall–Kier alpha value is -1.90. The van der Waals surface area contributed by atoms with E-state index in [-0.39, 0.29) is 0 Å². The van der Waals surface area contributed by atoms with Crippen LogP contribution in [0, 0.1) is 0 Å². The topological polar surface area (TPSA) is 34.9 Å². The van der Waals surface area contributed by atoms with Crippen molar-refractivity contribution in [1.82, 2.24) is 9.78 Å². The summed E-state index contributed by atoms with van der Waals surface area (Å²) in [6, 6.07) is 6.97. The molecule has 0 saturated heterocycles. The van der Waals surface area contributed by atoms with Crippen molar-refractivity contribution >= 4 is 6.29 Å². The molecule has 0 amide bonds. The summed E-state index contributed by atoms with van der Waals surface area (Å²) in [6.45, 7) is -2.30. The van der Waals surface area contributed by atoms with Gasteiger partial charge in [0.1, 0.15) is 0 Å². The summed E-state index contributed by atoms with van der Waals surface area (Å²) in [5.74, 6) is 0. The van der Waals surface area contributed by atoms with Crippen LogP contribution < -0.4 is 0 Å². The Morgan fingerprint density at radius 1 is 1.50 bits per heavy atom. The first-order chi connectivity index (χ1) is 8.02. The monoisotopic (exact) mass is 189 g/mol. The van der Waals surface area contributed by atoms with Gasteiger partial charge in [0.05, 0.1) is 6.20 Å². The van der Waals surface area contributed by atoms with Crippen molar-refractivity contribution < 1.29 is 8.91 Å². The van der Waals surface area contributed by atoms with Crippen molar-refractivity contribution in [2.24, 2.45) is 6.98 Å². The summed E-state index contributed by atoms with van der Waals surface area (Å²) in [5, 5.41) is 3.78. The molecule has 70 valence electrons. The SMILES string of the molecule is [2H]C([2H])([2H])n1cc(-c2ccccc2C=O)cn1. The quantitative estimate of drug-likeness (QED) is 0.676. The van der Waals surface area contributed by atoms with Gasteiger partial charge in [-0.05, 0) is 5.56 Å². The molecule has 0 atom stereocenters. The Bertz CT molecular complexity index is 546. The summed E-state index contributed by atoms with van der Waals surface area (Å²) in [6.07, 6.45) is 3.59. The lowest BCUT2D eigenvalue weighted by Crippen LogP contribution is -1.86. The number of hydrogen-bond acceptors (Lipinski definition) is 2. The largest absolute Gasteiger partial charge is 0.298 e. The average molecular weight is 189 g/mol. The smallest absolute Gasteiger partial charge is 0.150 e. The highest BCUT2D eigenvalue weighted by molar-refractivity contribution is 5.87. The summed E-state index contributed by atoms with van der Waals surface area (Å²) < 4.78 is 22.5. The summed E-state index contributed by atoms with van der Waals surface area (Å²) >= 11 is 0. The van der Waals surface area contributed by atoms with E-state index >= 15 is 0 Å². The van der Waals surface area contributed by atoms with Gasteiger partial charge in [0.15, 0.2) is 6.29 Å². The van der Waals surface area contributed by atoms with Crippen LogP contribution in [0.1, 0.15) is 14.5 Å². The zero-order valence-electron chi connectivity index (χ0n) is 10.3. The van der Waals surface area contributed by atoms with Gasteiger partial charge in [-0.3, -0.25) is 9.48 Å². The van der Waals surface area contributed by atoms with Crippen LogP contribution in [-0.2, 0) is 6.98 Å². The zero-order chi connectivity index (χ0) is 12.5. The Balaban J connectivity index is 2.47. The van der Waals surface area contributed by atoms with Crippen LogP contribution in [0.4, 0.5) is 0 Å². The lowest BCUT2D eigenvalue weighted by atomic mass is 10.0. The van der Waals surface area contributed by atoms with Gasteiger partial charge < -0.3 is 0 Å². The second-order valence-electron chi connectivity index (χ2n) is 2.88. The number of carbonyl (C=O) groups is 1. The van der Waals surface area contributed by atoms with Crippen molar-refractivity contribution in [3.8, 4) is 11.1 Å². The molecular formula is C11H10N2O. The molecule has 0 saturated carbocycles. The minimum absolute atomic E-state index is 0.512. The van der Waals surface area contributed by atoms with Crippen molar-refractivity contribution in [3.05, 3.63) is 42.2 Å². The van der Waals surface area contributed by atoms with Gasteiger partial charge in [-0.25, -0.2) is 0 Å². The molecule has 0 fully saturated rings. The predicted octanol–water partition coefficient (Wildman–Crippen LogP) is 1.90. The van der Waals surface area contributed by atoms with Crippen molar-refractivity contribution in [2.75, 3.05) is 0 Å². The van der Waals surface area contributed by atoms with Crippen molar-refractivity contribution in [3.63, 3.8) is 0 Å². The van der Waals surface area contributed by atoms with Crippen LogP contribution in [0.3, 0.4) is 0 Å². The minimum Gasteiger partial charge on any atom is -0.298 e. The Labute approximate surface area is 86.2 Å². The first-order valence-corrected chi connectivity index (χ1v) is 4.12. The molecule has 0 aliphatic carbocycles. The van der Waals surface area contributed by atoms with E-state index in [2.05, 4.69) is 5.10 Å².